The van der Waals surface area contributed by atoms with E-state index in [0.717, 1.165) is 13.1 Å². The van der Waals surface area contributed by atoms with Gasteiger partial charge in [-0.3, -0.25) is 9.69 Å². The summed E-state index contributed by atoms with van der Waals surface area (Å²) in [5.41, 5.74) is 5.06. The third kappa shape index (κ3) is 1.74. The highest BCUT2D eigenvalue weighted by molar-refractivity contribution is 5.76. The number of nitrogens with zero attached hydrogens (tertiary/aromatic N) is 3. The summed E-state index contributed by atoms with van der Waals surface area (Å²) in [5.74, 6) is 1.26. The average Bonchev–Trinajstić information content (AvgIpc) is 2.42. The first-order chi connectivity index (χ1) is 6.65. The summed E-state index contributed by atoms with van der Waals surface area (Å²) in [5, 5.41) is 3.71. The molecule has 0 atom stereocenters. The van der Waals surface area contributed by atoms with Crippen molar-refractivity contribution in [2.45, 2.75) is 12.8 Å². The molecule has 0 radical (unpaired) electrons. The minimum atomic E-state index is -0.301. The van der Waals surface area contributed by atoms with Crippen molar-refractivity contribution in [2.75, 3.05) is 19.6 Å². The second-order valence-electron chi connectivity index (χ2n) is 3.54. The van der Waals surface area contributed by atoms with Gasteiger partial charge < -0.3 is 10.3 Å². The molecule has 6 nitrogen and oxygen atoms in total. The van der Waals surface area contributed by atoms with E-state index in [4.69, 9.17) is 10.3 Å². The summed E-state index contributed by atoms with van der Waals surface area (Å²) in [6.07, 6.45) is 0. The Balaban J connectivity index is 1.86. The molecule has 1 saturated heterocycles. The van der Waals surface area contributed by atoms with Crippen molar-refractivity contribution in [1.82, 2.24) is 15.0 Å². The van der Waals surface area contributed by atoms with Crippen LogP contribution in [0.5, 0.6) is 0 Å². The number of carbonyl (C=O) groups is 1. The van der Waals surface area contributed by atoms with Crippen molar-refractivity contribution < 1.29 is 9.32 Å². The van der Waals surface area contributed by atoms with Crippen LogP contribution in [0.25, 0.3) is 0 Å². The molecule has 0 aromatic carbocycles. The number of carbonyl (C=O) groups excluding carboxylic acids is 1. The molecule has 1 aliphatic rings. The molecule has 1 fully saturated rings. The Morgan fingerprint density at radius 2 is 2.43 bits per heavy atom. The van der Waals surface area contributed by atoms with Gasteiger partial charge in [-0.05, 0) is 6.92 Å². The molecule has 0 unspecified atom stereocenters. The third-order valence-electron chi connectivity index (χ3n) is 2.23. The molecule has 1 aliphatic heterocycles. The number of nitrogens with two attached hydrogens (primary N) is 1. The van der Waals surface area contributed by atoms with Crippen molar-refractivity contribution in [3.63, 3.8) is 0 Å². The fourth-order valence-electron chi connectivity index (χ4n) is 1.55. The van der Waals surface area contributed by atoms with E-state index in [1.165, 1.54) is 0 Å². The van der Waals surface area contributed by atoms with Crippen molar-refractivity contribution in [2.24, 2.45) is 5.73 Å². The zero-order valence-electron chi connectivity index (χ0n) is 7.93. The molecule has 2 rings (SSSR count). The maximum absolute atomic E-state index is 10.6. The summed E-state index contributed by atoms with van der Waals surface area (Å²) in [4.78, 5) is 16.7. The number of amides is 1. The minimum absolute atomic E-state index is 0.260. The first-order valence-electron chi connectivity index (χ1n) is 4.46. The predicted octanol–water partition coefficient (Wildman–Crippen LogP) is -0.737. The zero-order chi connectivity index (χ0) is 10.1. The van der Waals surface area contributed by atoms with Gasteiger partial charge in [0.1, 0.15) is 0 Å². The highest BCUT2D eigenvalue weighted by atomic mass is 16.5. The van der Waals surface area contributed by atoms with Crippen LogP contribution < -0.4 is 5.73 Å². The van der Waals surface area contributed by atoms with Crippen LogP contribution in [0.1, 0.15) is 17.6 Å². The Morgan fingerprint density at radius 1 is 1.71 bits per heavy atom. The summed E-state index contributed by atoms with van der Waals surface area (Å²) in [6.45, 7) is 3.63. The number of aromatic nitrogens is 2. The second kappa shape index (κ2) is 3.38. The standard InChI is InChI=1S/C8H12N4O2/c1-5-10-8(14-11-5)6-2-12(3-6)4-7(9)13/h6H,2-4H2,1H3,(H2,9,13). The van der Waals surface area contributed by atoms with Gasteiger partial charge in [0, 0.05) is 13.1 Å². The van der Waals surface area contributed by atoms with Crippen LogP contribution in [0, 0.1) is 6.92 Å². The van der Waals surface area contributed by atoms with Crippen molar-refractivity contribution in [1.29, 1.82) is 0 Å². The second-order valence-corrected chi connectivity index (χ2v) is 3.54. The molecule has 0 saturated carbocycles. The van der Waals surface area contributed by atoms with E-state index in [2.05, 4.69) is 10.1 Å². The van der Waals surface area contributed by atoms with Crippen LogP contribution in [0.4, 0.5) is 0 Å². The van der Waals surface area contributed by atoms with E-state index in [0.29, 0.717) is 18.3 Å². The van der Waals surface area contributed by atoms with Gasteiger partial charge >= 0.3 is 0 Å². The Labute approximate surface area is 81.1 Å². The van der Waals surface area contributed by atoms with Gasteiger partial charge in [-0.1, -0.05) is 5.16 Å². The zero-order valence-corrected chi connectivity index (χ0v) is 7.93. The Morgan fingerprint density at radius 3 is 2.93 bits per heavy atom. The van der Waals surface area contributed by atoms with Gasteiger partial charge in [-0.15, -0.1) is 0 Å². The average molecular weight is 196 g/mol. The molecule has 6 heteroatoms. The topological polar surface area (TPSA) is 85.3 Å². The van der Waals surface area contributed by atoms with E-state index < -0.39 is 0 Å². The van der Waals surface area contributed by atoms with Gasteiger partial charge in [-0.2, -0.15) is 4.98 Å². The largest absolute Gasteiger partial charge is 0.369 e. The number of rotatable bonds is 3. The molecule has 2 N–H and O–H groups in total. The maximum atomic E-state index is 10.6. The lowest BCUT2D eigenvalue weighted by Crippen LogP contribution is -2.48. The van der Waals surface area contributed by atoms with Gasteiger partial charge in [0.25, 0.3) is 0 Å². The molecule has 0 bridgehead atoms. The normalized spacial score (nSPS) is 18.1. The SMILES string of the molecule is Cc1noc(C2CN(CC(N)=O)C2)n1. The van der Waals surface area contributed by atoms with Crippen LogP contribution in [0.2, 0.25) is 0 Å². The highest BCUT2D eigenvalue weighted by Gasteiger charge is 2.32. The smallest absolute Gasteiger partial charge is 0.232 e. The van der Waals surface area contributed by atoms with Crippen LogP contribution >= 0.6 is 0 Å². The number of primary amides is 1. The predicted molar refractivity (Wildman–Crippen MR) is 47.4 cm³/mol. The Bertz CT molecular complexity index is 343. The molecular weight excluding hydrogens is 184 g/mol. The van der Waals surface area contributed by atoms with Gasteiger partial charge in [0.15, 0.2) is 5.82 Å². The summed E-state index contributed by atoms with van der Waals surface area (Å²) >= 11 is 0. The van der Waals surface area contributed by atoms with Gasteiger partial charge in [0.2, 0.25) is 11.8 Å². The van der Waals surface area contributed by atoms with Crippen molar-refractivity contribution in [3.8, 4) is 0 Å². The fourth-order valence-corrected chi connectivity index (χ4v) is 1.55. The summed E-state index contributed by atoms with van der Waals surface area (Å²) in [7, 11) is 0. The van der Waals surface area contributed by atoms with E-state index in [-0.39, 0.29) is 11.8 Å². The van der Waals surface area contributed by atoms with E-state index >= 15 is 0 Å². The molecule has 1 aromatic rings. The monoisotopic (exact) mass is 196 g/mol. The third-order valence-corrected chi connectivity index (χ3v) is 2.23. The molecule has 1 aromatic heterocycles. The number of hydrogen-bond donors (Lipinski definition) is 1. The van der Waals surface area contributed by atoms with Gasteiger partial charge in [0.05, 0.1) is 12.5 Å². The Kier molecular flexibility index (Phi) is 2.20. The maximum Gasteiger partial charge on any atom is 0.232 e. The van der Waals surface area contributed by atoms with Crippen LogP contribution in [0.15, 0.2) is 4.52 Å². The van der Waals surface area contributed by atoms with E-state index in [1.54, 1.807) is 6.92 Å². The quantitative estimate of drug-likeness (QED) is 0.688. The van der Waals surface area contributed by atoms with E-state index in [9.17, 15) is 4.79 Å². The molecule has 1 amide bonds. The van der Waals surface area contributed by atoms with Crippen LogP contribution in [-0.4, -0.2) is 40.6 Å². The van der Waals surface area contributed by atoms with Crippen LogP contribution in [0.3, 0.4) is 0 Å². The number of aryl methyl sites for hydroxylation is 1. The lowest BCUT2D eigenvalue weighted by atomic mass is 10.0. The lowest BCUT2D eigenvalue weighted by Gasteiger charge is -2.35. The molecule has 76 valence electrons. The Hall–Kier alpha value is -1.43. The fraction of sp³-hybridized carbons (Fsp3) is 0.625. The first-order valence-corrected chi connectivity index (χ1v) is 4.46. The number of hydrogen-bond acceptors (Lipinski definition) is 5. The minimum Gasteiger partial charge on any atom is -0.369 e. The highest BCUT2D eigenvalue weighted by Crippen LogP contribution is 2.24. The molecule has 2 heterocycles. The molecular formula is C8H12N4O2. The van der Waals surface area contributed by atoms with Crippen molar-refractivity contribution >= 4 is 5.91 Å². The first kappa shape index (κ1) is 9.14. The molecule has 0 aliphatic carbocycles. The molecule has 14 heavy (non-hydrogen) atoms. The van der Waals surface area contributed by atoms with Gasteiger partial charge in [-0.25, -0.2) is 0 Å². The summed E-state index contributed by atoms with van der Waals surface area (Å²) < 4.78 is 5.02. The lowest BCUT2D eigenvalue weighted by molar-refractivity contribution is -0.120. The van der Waals surface area contributed by atoms with Crippen molar-refractivity contribution in [3.05, 3.63) is 11.7 Å². The number of likely N-dealkylation sites (tertiary alicyclic amines) is 1. The van der Waals surface area contributed by atoms with E-state index in [1.807, 2.05) is 4.90 Å². The summed E-state index contributed by atoms with van der Waals surface area (Å²) in [6, 6.07) is 0. The van der Waals surface area contributed by atoms with Crippen LogP contribution in [-0.2, 0) is 4.79 Å². The molecule has 0 spiro atoms.